The van der Waals surface area contributed by atoms with Crippen LogP contribution in [-0.2, 0) is 6.54 Å². The number of aliphatic imine (C=N–C) groups is 1. The number of aryl methyl sites for hydroxylation is 2. The van der Waals surface area contributed by atoms with Crippen molar-refractivity contribution in [1.29, 1.82) is 0 Å². The molecule has 0 fully saturated rings. The summed E-state index contributed by atoms with van der Waals surface area (Å²) in [4.78, 5) is 14.2. The molecule has 0 unspecified atom stereocenters. The summed E-state index contributed by atoms with van der Waals surface area (Å²) in [5, 5.41) is 9.79. The quantitative estimate of drug-likeness (QED) is 0.207. The normalized spacial score (nSPS) is 11.2. The van der Waals surface area contributed by atoms with E-state index in [4.69, 9.17) is 0 Å². The number of nitrogens with one attached hydrogen (secondary N) is 2. The molecule has 0 atom stereocenters. The third kappa shape index (κ3) is 7.36. The number of guanidine groups is 1. The van der Waals surface area contributed by atoms with Crippen molar-refractivity contribution in [3.05, 3.63) is 27.2 Å². The average Bonchev–Trinajstić information content (AvgIpc) is 3.11. The van der Waals surface area contributed by atoms with Crippen molar-refractivity contribution in [3.8, 4) is 0 Å². The van der Waals surface area contributed by atoms with Gasteiger partial charge < -0.3 is 10.6 Å². The average molecular weight is 483 g/mol. The molecule has 0 aromatic carbocycles. The number of hydrogen-bond acceptors (Lipinski definition) is 6. The zero-order valence-corrected chi connectivity index (χ0v) is 18.2. The molecule has 0 radical (unpaired) electrons. The monoisotopic (exact) mass is 483 g/mol. The summed E-state index contributed by atoms with van der Waals surface area (Å²) in [6, 6.07) is 0. The highest BCUT2D eigenvalue weighted by molar-refractivity contribution is 14.0. The number of aromatic nitrogens is 2. The summed E-state index contributed by atoms with van der Waals surface area (Å²) in [7, 11) is 1.80. The smallest absolute Gasteiger partial charge is 0.191 e. The first-order valence-corrected chi connectivity index (χ1v) is 9.77. The lowest BCUT2D eigenvalue weighted by Gasteiger charge is -2.11. The Morgan fingerprint density at radius 1 is 1.35 bits per heavy atom. The van der Waals surface area contributed by atoms with E-state index in [-0.39, 0.29) is 24.0 Å². The lowest BCUT2D eigenvalue weighted by atomic mass is 10.4. The minimum Gasteiger partial charge on any atom is -0.356 e. The van der Waals surface area contributed by atoms with Gasteiger partial charge in [-0.25, -0.2) is 9.97 Å². The lowest BCUT2D eigenvalue weighted by Crippen LogP contribution is -2.37. The van der Waals surface area contributed by atoms with Crippen molar-refractivity contribution in [3.63, 3.8) is 0 Å². The fourth-order valence-electron chi connectivity index (χ4n) is 1.84. The molecule has 128 valence electrons. The molecule has 9 heteroatoms. The van der Waals surface area contributed by atoms with E-state index in [1.807, 2.05) is 25.4 Å². The van der Waals surface area contributed by atoms with Crippen LogP contribution in [0.25, 0.3) is 0 Å². The van der Waals surface area contributed by atoms with Crippen LogP contribution in [0.5, 0.6) is 0 Å². The fraction of sp³-hybridized carbons (Fsp3) is 0.500. The predicted octanol–water partition coefficient (Wildman–Crippen LogP) is 3.68. The highest BCUT2D eigenvalue weighted by atomic mass is 127. The number of thiazole rings is 2. The highest BCUT2D eigenvalue weighted by Gasteiger charge is 2.05. The molecule has 2 N–H and O–H groups in total. The molecule has 2 heterocycles. The third-order valence-electron chi connectivity index (χ3n) is 2.89. The Labute approximate surface area is 166 Å². The van der Waals surface area contributed by atoms with Crippen LogP contribution in [-0.4, -0.2) is 35.3 Å². The van der Waals surface area contributed by atoms with Crippen molar-refractivity contribution in [2.75, 3.05) is 19.3 Å². The van der Waals surface area contributed by atoms with Gasteiger partial charge in [-0.1, -0.05) is 11.8 Å². The Morgan fingerprint density at radius 2 is 2.17 bits per heavy atom. The van der Waals surface area contributed by atoms with Gasteiger partial charge in [-0.3, -0.25) is 4.99 Å². The maximum absolute atomic E-state index is 4.44. The zero-order valence-electron chi connectivity index (χ0n) is 13.5. The Balaban J connectivity index is 0.00000264. The SMILES string of the molecule is CN=C(NCCCSc1nccs1)NCc1sc(C)nc1C.I. The van der Waals surface area contributed by atoms with E-state index >= 15 is 0 Å². The van der Waals surface area contributed by atoms with E-state index in [9.17, 15) is 0 Å². The second-order valence-electron chi connectivity index (χ2n) is 4.59. The summed E-state index contributed by atoms with van der Waals surface area (Å²) in [5.74, 6) is 1.90. The predicted molar refractivity (Wildman–Crippen MR) is 113 cm³/mol. The molecule has 0 aliphatic carbocycles. The number of rotatable bonds is 7. The summed E-state index contributed by atoms with van der Waals surface area (Å²) >= 11 is 5.23. The molecule has 0 bridgehead atoms. The first kappa shape index (κ1) is 20.7. The van der Waals surface area contributed by atoms with Crippen LogP contribution in [0, 0.1) is 13.8 Å². The van der Waals surface area contributed by atoms with Crippen molar-refractivity contribution in [2.24, 2.45) is 4.99 Å². The maximum Gasteiger partial charge on any atom is 0.191 e. The van der Waals surface area contributed by atoms with Gasteiger partial charge in [-0.05, 0) is 20.3 Å². The van der Waals surface area contributed by atoms with Gasteiger partial charge in [0, 0.05) is 35.8 Å². The minimum atomic E-state index is 0. The number of nitrogens with zero attached hydrogens (tertiary/aromatic N) is 3. The molecule has 2 aromatic rings. The number of thioether (sulfide) groups is 1. The van der Waals surface area contributed by atoms with Gasteiger partial charge in [0.15, 0.2) is 5.96 Å². The molecule has 23 heavy (non-hydrogen) atoms. The van der Waals surface area contributed by atoms with Gasteiger partial charge in [0.05, 0.1) is 17.2 Å². The lowest BCUT2D eigenvalue weighted by molar-refractivity contribution is 0.787. The van der Waals surface area contributed by atoms with Crippen molar-refractivity contribution >= 4 is 64.4 Å². The largest absolute Gasteiger partial charge is 0.356 e. The summed E-state index contributed by atoms with van der Waals surface area (Å²) in [5.41, 5.74) is 1.10. The second-order valence-corrected chi connectivity index (χ2v) is 8.12. The van der Waals surface area contributed by atoms with Gasteiger partial charge in [-0.15, -0.1) is 46.7 Å². The van der Waals surface area contributed by atoms with Gasteiger partial charge in [-0.2, -0.15) is 0 Å². The van der Waals surface area contributed by atoms with E-state index in [0.717, 1.165) is 46.3 Å². The Kier molecular flexibility index (Phi) is 10.1. The summed E-state index contributed by atoms with van der Waals surface area (Å²) in [6.45, 7) is 5.75. The first-order valence-electron chi connectivity index (χ1n) is 7.08. The zero-order chi connectivity index (χ0) is 15.8. The van der Waals surface area contributed by atoms with Crippen LogP contribution in [0.1, 0.15) is 22.0 Å². The molecule has 5 nitrogen and oxygen atoms in total. The Hall–Kier alpha value is -0.390. The molecule has 2 rings (SSSR count). The van der Waals surface area contributed by atoms with Gasteiger partial charge in [0.25, 0.3) is 0 Å². The summed E-state index contributed by atoms with van der Waals surface area (Å²) in [6.07, 6.45) is 2.92. The fourth-order valence-corrected chi connectivity index (χ4v) is 4.37. The second kappa shape index (κ2) is 11.2. The van der Waals surface area contributed by atoms with E-state index < -0.39 is 0 Å². The Morgan fingerprint density at radius 3 is 2.78 bits per heavy atom. The van der Waals surface area contributed by atoms with Crippen LogP contribution in [0.15, 0.2) is 20.9 Å². The van der Waals surface area contributed by atoms with Gasteiger partial charge in [0.1, 0.15) is 4.34 Å². The molecule has 0 saturated carbocycles. The van der Waals surface area contributed by atoms with Crippen LogP contribution >= 0.6 is 58.4 Å². The molecular weight excluding hydrogens is 461 g/mol. The van der Waals surface area contributed by atoms with Crippen LogP contribution in [0.2, 0.25) is 0 Å². The van der Waals surface area contributed by atoms with Gasteiger partial charge >= 0.3 is 0 Å². The Bertz CT molecular complexity index is 598. The van der Waals surface area contributed by atoms with Crippen LogP contribution < -0.4 is 10.6 Å². The highest BCUT2D eigenvalue weighted by Crippen LogP contribution is 2.20. The van der Waals surface area contributed by atoms with Crippen molar-refractivity contribution in [1.82, 2.24) is 20.6 Å². The summed E-state index contributed by atoms with van der Waals surface area (Å²) < 4.78 is 1.14. The molecule has 2 aromatic heterocycles. The molecule has 0 aliphatic rings. The van der Waals surface area contributed by atoms with E-state index in [2.05, 4.69) is 25.6 Å². The number of halogens is 1. The molecule has 0 saturated heterocycles. The maximum atomic E-state index is 4.44. The molecule has 0 amide bonds. The van der Waals surface area contributed by atoms with Crippen LogP contribution in [0.4, 0.5) is 0 Å². The first-order chi connectivity index (χ1) is 10.7. The van der Waals surface area contributed by atoms with E-state index in [0.29, 0.717) is 0 Å². The molecule has 0 spiro atoms. The standard InChI is InChI=1S/C14H21N5S3.HI/c1-10-12(22-11(2)19-10)9-18-13(15-3)16-5-4-7-20-14-17-6-8-21-14;/h6,8H,4-5,7,9H2,1-3H3,(H2,15,16,18);1H. The topological polar surface area (TPSA) is 62.2 Å². The van der Waals surface area contributed by atoms with Crippen LogP contribution in [0.3, 0.4) is 0 Å². The minimum absolute atomic E-state index is 0. The van der Waals surface area contributed by atoms with Crippen molar-refractivity contribution in [2.45, 2.75) is 31.2 Å². The van der Waals surface area contributed by atoms with Gasteiger partial charge in [0.2, 0.25) is 0 Å². The third-order valence-corrected chi connectivity index (χ3v) is 6.01. The van der Waals surface area contributed by atoms with E-state index in [1.54, 1.807) is 41.5 Å². The van der Waals surface area contributed by atoms with Crippen molar-refractivity contribution < 1.29 is 0 Å². The molecule has 0 aliphatic heterocycles. The molecular formula is C14H22IN5S3. The van der Waals surface area contributed by atoms with E-state index in [1.165, 1.54) is 4.88 Å². The number of hydrogen-bond donors (Lipinski definition) is 2.